The van der Waals surface area contributed by atoms with E-state index in [1.165, 1.54) is 56.7 Å². The van der Waals surface area contributed by atoms with Crippen LogP contribution in [0.2, 0.25) is 44.3 Å². The third-order valence-corrected chi connectivity index (χ3v) is 9.95. The van der Waals surface area contributed by atoms with E-state index < -0.39 is 16.1 Å². The topological polar surface area (TPSA) is 0 Å². The predicted octanol–water partition coefficient (Wildman–Crippen LogP) is 6.88. The molecule has 0 aliphatic rings. The highest BCUT2D eigenvalue weighted by molar-refractivity contribution is 6.82. The first-order valence-corrected chi connectivity index (χ1v) is 15.2. The van der Waals surface area contributed by atoms with Gasteiger partial charge in [0.2, 0.25) is 0 Å². The molecule has 0 spiro atoms. The summed E-state index contributed by atoms with van der Waals surface area (Å²) >= 11 is 0. The molecule has 0 fully saturated rings. The first kappa shape index (κ1) is 19.2. The standard InChI is InChI=1S/C17H38Si2/c1-7-9-11-14-18(3,4)16-13-17-19(5,6)15-12-10-8-2/h13,16H,7-12,14-15,17H2,1-6H3/b16-13-. The zero-order chi connectivity index (χ0) is 14.8. The van der Waals surface area contributed by atoms with Crippen LogP contribution in [-0.2, 0) is 0 Å². The highest BCUT2D eigenvalue weighted by atomic mass is 28.3. The Morgan fingerprint density at radius 1 is 0.737 bits per heavy atom. The van der Waals surface area contributed by atoms with Gasteiger partial charge in [0.1, 0.15) is 0 Å². The number of hydrogen-bond donors (Lipinski definition) is 0. The van der Waals surface area contributed by atoms with Crippen LogP contribution >= 0.6 is 0 Å². The van der Waals surface area contributed by atoms with Crippen molar-refractivity contribution in [3.05, 3.63) is 11.8 Å². The Hall–Kier alpha value is 0.174. The second kappa shape index (κ2) is 9.98. The predicted molar refractivity (Wildman–Crippen MR) is 97.6 cm³/mol. The molecule has 0 nitrogen and oxygen atoms in total. The summed E-state index contributed by atoms with van der Waals surface area (Å²) in [5.41, 5.74) is 2.64. The van der Waals surface area contributed by atoms with Gasteiger partial charge < -0.3 is 0 Å². The molecule has 0 aliphatic carbocycles. The van der Waals surface area contributed by atoms with Crippen LogP contribution in [0.4, 0.5) is 0 Å². The van der Waals surface area contributed by atoms with Gasteiger partial charge in [-0.15, -0.1) is 0 Å². The maximum atomic E-state index is 2.64. The van der Waals surface area contributed by atoms with Gasteiger partial charge in [-0.2, -0.15) is 0 Å². The van der Waals surface area contributed by atoms with Gasteiger partial charge in [-0.1, -0.05) is 102 Å². The van der Waals surface area contributed by atoms with Crippen molar-refractivity contribution in [2.75, 3.05) is 0 Å². The van der Waals surface area contributed by atoms with Gasteiger partial charge in [0.25, 0.3) is 0 Å². The molecule has 0 N–H and O–H groups in total. The highest BCUT2D eigenvalue weighted by Crippen LogP contribution is 2.22. The van der Waals surface area contributed by atoms with Crippen molar-refractivity contribution in [3.63, 3.8) is 0 Å². The summed E-state index contributed by atoms with van der Waals surface area (Å²) in [5, 5.41) is 0. The van der Waals surface area contributed by atoms with E-state index in [1.54, 1.807) is 0 Å². The van der Waals surface area contributed by atoms with E-state index in [0.29, 0.717) is 0 Å². The summed E-state index contributed by atoms with van der Waals surface area (Å²) < 4.78 is 0. The van der Waals surface area contributed by atoms with Crippen LogP contribution in [0.3, 0.4) is 0 Å². The van der Waals surface area contributed by atoms with E-state index in [2.05, 4.69) is 51.8 Å². The number of allylic oxidation sites excluding steroid dienone is 1. The van der Waals surface area contributed by atoms with Crippen molar-refractivity contribution in [2.45, 2.75) is 96.7 Å². The van der Waals surface area contributed by atoms with Crippen molar-refractivity contribution in [1.82, 2.24) is 0 Å². The van der Waals surface area contributed by atoms with Crippen molar-refractivity contribution in [2.24, 2.45) is 0 Å². The van der Waals surface area contributed by atoms with E-state index in [4.69, 9.17) is 0 Å². The van der Waals surface area contributed by atoms with Gasteiger partial charge in [-0.05, 0) is 6.04 Å². The van der Waals surface area contributed by atoms with Crippen molar-refractivity contribution in [1.29, 1.82) is 0 Å². The molecule has 0 aliphatic heterocycles. The minimum Gasteiger partial charge on any atom is -0.0989 e. The molecule has 0 radical (unpaired) electrons. The molecule has 0 heterocycles. The minimum atomic E-state index is -1.04. The Labute approximate surface area is 125 Å². The van der Waals surface area contributed by atoms with E-state index in [-0.39, 0.29) is 0 Å². The first-order valence-electron chi connectivity index (χ1n) is 8.51. The molecule has 0 saturated heterocycles. The molecule has 2 heteroatoms. The van der Waals surface area contributed by atoms with E-state index >= 15 is 0 Å². The quantitative estimate of drug-likeness (QED) is 0.288. The molecule has 0 aromatic carbocycles. The molecule has 0 bridgehead atoms. The lowest BCUT2D eigenvalue weighted by molar-refractivity contribution is 0.762. The van der Waals surface area contributed by atoms with E-state index in [9.17, 15) is 0 Å². The number of hydrogen-bond acceptors (Lipinski definition) is 0. The Bertz CT molecular complexity index is 242. The molecule has 0 atom stereocenters. The average Bonchev–Trinajstić information content (AvgIpc) is 2.28. The zero-order valence-corrected chi connectivity index (χ0v) is 16.5. The summed E-state index contributed by atoms with van der Waals surface area (Å²) in [4.78, 5) is 0. The average molecular weight is 299 g/mol. The molecule has 114 valence electrons. The third-order valence-electron chi connectivity index (χ3n) is 4.12. The van der Waals surface area contributed by atoms with Crippen LogP contribution in [0.25, 0.3) is 0 Å². The maximum Gasteiger partial charge on any atom is 0.0713 e. The largest absolute Gasteiger partial charge is 0.0989 e. The normalized spacial score (nSPS) is 13.4. The van der Waals surface area contributed by atoms with E-state index in [0.717, 1.165) is 0 Å². The number of rotatable bonds is 11. The van der Waals surface area contributed by atoms with Crippen molar-refractivity contribution < 1.29 is 0 Å². The van der Waals surface area contributed by atoms with Crippen LogP contribution in [0, 0.1) is 0 Å². The zero-order valence-electron chi connectivity index (χ0n) is 14.5. The van der Waals surface area contributed by atoms with Gasteiger partial charge >= 0.3 is 0 Å². The molecular formula is C17H38Si2. The summed E-state index contributed by atoms with van der Waals surface area (Å²) in [7, 11) is -1.98. The lowest BCUT2D eigenvalue weighted by Crippen LogP contribution is -2.25. The summed E-state index contributed by atoms with van der Waals surface area (Å²) in [6, 6.07) is 4.40. The molecule has 0 rings (SSSR count). The Kier molecular flexibility index (Phi) is 10.1. The van der Waals surface area contributed by atoms with Crippen LogP contribution in [0.15, 0.2) is 11.8 Å². The lowest BCUT2D eigenvalue weighted by Gasteiger charge is -2.22. The van der Waals surface area contributed by atoms with Crippen LogP contribution in [0.1, 0.15) is 52.4 Å². The van der Waals surface area contributed by atoms with Gasteiger partial charge in [-0.3, -0.25) is 0 Å². The van der Waals surface area contributed by atoms with Crippen LogP contribution in [-0.4, -0.2) is 16.1 Å². The maximum absolute atomic E-state index is 2.64. The van der Waals surface area contributed by atoms with Gasteiger partial charge in [0.05, 0.1) is 16.1 Å². The molecule has 19 heavy (non-hydrogen) atoms. The number of unbranched alkanes of at least 4 members (excludes halogenated alkanes) is 4. The highest BCUT2D eigenvalue weighted by Gasteiger charge is 2.20. The van der Waals surface area contributed by atoms with Crippen molar-refractivity contribution in [3.8, 4) is 0 Å². The Morgan fingerprint density at radius 2 is 1.26 bits per heavy atom. The molecule has 0 unspecified atom stereocenters. The van der Waals surface area contributed by atoms with Gasteiger partial charge in [-0.25, -0.2) is 0 Å². The molecular weight excluding hydrogens is 260 g/mol. The summed E-state index contributed by atoms with van der Waals surface area (Å²) in [6.07, 6.45) is 11.0. The fraction of sp³-hybridized carbons (Fsp3) is 0.882. The second-order valence-corrected chi connectivity index (χ2v) is 17.7. The molecule has 0 amide bonds. The second-order valence-electron chi connectivity index (χ2n) is 7.67. The lowest BCUT2D eigenvalue weighted by atomic mass is 10.3. The molecule has 0 aromatic heterocycles. The van der Waals surface area contributed by atoms with Crippen LogP contribution in [0.5, 0.6) is 0 Å². The van der Waals surface area contributed by atoms with E-state index in [1.807, 2.05) is 0 Å². The Balaban J connectivity index is 4.02. The fourth-order valence-corrected chi connectivity index (χ4v) is 7.05. The summed E-state index contributed by atoms with van der Waals surface area (Å²) in [6.45, 7) is 14.8. The minimum absolute atomic E-state index is 0.943. The SMILES string of the molecule is CCCCC[Si](C)(C)/C=C\C[Si](C)(C)CCCCC. The summed E-state index contributed by atoms with van der Waals surface area (Å²) in [5.74, 6) is 0. The first-order chi connectivity index (χ1) is 8.83. The third kappa shape index (κ3) is 11.7. The monoisotopic (exact) mass is 298 g/mol. The van der Waals surface area contributed by atoms with Crippen molar-refractivity contribution >= 4 is 16.1 Å². The van der Waals surface area contributed by atoms with Crippen LogP contribution < -0.4 is 0 Å². The smallest absolute Gasteiger partial charge is 0.0713 e. The van der Waals surface area contributed by atoms with Gasteiger partial charge in [0.15, 0.2) is 0 Å². The fourth-order valence-electron chi connectivity index (χ4n) is 2.57. The van der Waals surface area contributed by atoms with Gasteiger partial charge in [0, 0.05) is 0 Å². The molecule has 0 saturated carbocycles. The Morgan fingerprint density at radius 3 is 1.79 bits per heavy atom. The molecule has 0 aromatic rings.